The Labute approximate surface area is 185 Å². The number of benzene rings is 3. The van der Waals surface area contributed by atoms with Gasteiger partial charge in [0.25, 0.3) is 0 Å². The van der Waals surface area contributed by atoms with Crippen LogP contribution in [0.5, 0.6) is 11.5 Å². The van der Waals surface area contributed by atoms with E-state index in [2.05, 4.69) is 15.5 Å². The zero-order chi connectivity index (χ0) is 21.6. The Morgan fingerprint density at radius 2 is 1.74 bits per heavy atom. The highest BCUT2D eigenvalue weighted by molar-refractivity contribution is 7.99. The molecule has 0 saturated carbocycles. The lowest BCUT2D eigenvalue weighted by Crippen LogP contribution is -2.14. The highest BCUT2D eigenvalue weighted by atomic mass is 32.2. The minimum Gasteiger partial charge on any atom is -0.457 e. The van der Waals surface area contributed by atoms with E-state index in [0.29, 0.717) is 16.6 Å². The average molecular weight is 431 g/mol. The molecule has 7 heteroatoms. The molecule has 1 heterocycles. The van der Waals surface area contributed by atoms with E-state index >= 15 is 0 Å². The highest BCUT2D eigenvalue weighted by Crippen LogP contribution is 2.25. The molecule has 1 N–H and O–H groups in total. The molecular weight excluding hydrogens is 408 g/mol. The van der Waals surface area contributed by atoms with Crippen molar-refractivity contribution in [2.75, 3.05) is 11.1 Å². The van der Waals surface area contributed by atoms with Gasteiger partial charge in [-0.2, -0.15) is 0 Å². The number of rotatable bonds is 7. The number of ether oxygens (including phenoxy) is 1. The topological polar surface area (TPSA) is 69.0 Å². The van der Waals surface area contributed by atoms with Crippen LogP contribution in [-0.2, 0) is 11.8 Å². The monoisotopic (exact) mass is 430 g/mol. The van der Waals surface area contributed by atoms with Crippen LogP contribution in [0.25, 0.3) is 11.4 Å². The number of anilines is 1. The lowest BCUT2D eigenvalue weighted by molar-refractivity contribution is -0.113. The number of carbonyl (C=O) groups excluding carboxylic acids is 1. The number of hydrogen-bond acceptors (Lipinski definition) is 5. The first-order valence-electron chi connectivity index (χ1n) is 9.80. The Balaban J connectivity index is 1.32. The summed E-state index contributed by atoms with van der Waals surface area (Å²) in [5.41, 5.74) is 2.84. The molecule has 1 aromatic heterocycles. The molecule has 3 aromatic carbocycles. The molecule has 4 rings (SSSR count). The van der Waals surface area contributed by atoms with Crippen molar-refractivity contribution in [1.82, 2.24) is 14.8 Å². The van der Waals surface area contributed by atoms with Gasteiger partial charge in [-0.15, -0.1) is 10.2 Å². The van der Waals surface area contributed by atoms with Gasteiger partial charge in [0.2, 0.25) is 5.91 Å². The fraction of sp³-hybridized carbons (Fsp3) is 0.125. The molecule has 0 unspecified atom stereocenters. The predicted octanol–water partition coefficient (Wildman–Crippen LogP) is 5.31. The van der Waals surface area contributed by atoms with Crippen LogP contribution >= 0.6 is 11.8 Å². The van der Waals surface area contributed by atoms with Crippen LogP contribution in [-0.4, -0.2) is 26.4 Å². The Kier molecular flexibility index (Phi) is 6.33. The minimum atomic E-state index is -0.110. The van der Waals surface area contributed by atoms with E-state index in [1.165, 1.54) is 11.8 Å². The summed E-state index contributed by atoms with van der Waals surface area (Å²) in [5.74, 6) is 2.40. The van der Waals surface area contributed by atoms with Gasteiger partial charge >= 0.3 is 0 Å². The van der Waals surface area contributed by atoms with E-state index in [-0.39, 0.29) is 11.7 Å². The SMILES string of the molecule is Cc1cccc(Oc2ccc(NC(=O)CSc3nnc(-c4ccccc4)n3C)cc2)c1. The summed E-state index contributed by atoms with van der Waals surface area (Å²) >= 11 is 1.35. The summed E-state index contributed by atoms with van der Waals surface area (Å²) < 4.78 is 7.74. The van der Waals surface area contributed by atoms with Gasteiger partial charge in [-0.1, -0.05) is 54.2 Å². The number of aromatic nitrogens is 3. The number of aryl methyl sites for hydroxylation is 1. The van der Waals surface area contributed by atoms with E-state index in [4.69, 9.17) is 4.74 Å². The van der Waals surface area contributed by atoms with Gasteiger partial charge in [-0.25, -0.2) is 0 Å². The first kappa shape index (κ1) is 20.7. The third-order valence-electron chi connectivity index (χ3n) is 4.56. The molecule has 31 heavy (non-hydrogen) atoms. The second-order valence-corrected chi connectivity index (χ2v) is 7.95. The van der Waals surface area contributed by atoms with Crippen molar-refractivity contribution in [3.05, 3.63) is 84.4 Å². The quantitative estimate of drug-likeness (QED) is 0.402. The smallest absolute Gasteiger partial charge is 0.234 e. The van der Waals surface area contributed by atoms with E-state index in [1.54, 1.807) is 0 Å². The molecule has 0 bridgehead atoms. The summed E-state index contributed by atoms with van der Waals surface area (Å²) in [5, 5.41) is 12.0. The Morgan fingerprint density at radius 3 is 2.48 bits per heavy atom. The van der Waals surface area contributed by atoms with Crippen LogP contribution < -0.4 is 10.1 Å². The molecule has 0 fully saturated rings. The summed E-state index contributed by atoms with van der Waals surface area (Å²) in [4.78, 5) is 12.4. The van der Waals surface area contributed by atoms with Crippen LogP contribution in [0.4, 0.5) is 5.69 Å². The van der Waals surface area contributed by atoms with Crippen LogP contribution in [0.2, 0.25) is 0 Å². The molecule has 4 aromatic rings. The first-order valence-corrected chi connectivity index (χ1v) is 10.8. The normalized spacial score (nSPS) is 10.6. The minimum absolute atomic E-state index is 0.110. The second-order valence-electron chi connectivity index (χ2n) is 7.01. The van der Waals surface area contributed by atoms with Crippen molar-refractivity contribution in [1.29, 1.82) is 0 Å². The van der Waals surface area contributed by atoms with Gasteiger partial charge in [0.15, 0.2) is 11.0 Å². The molecule has 0 aliphatic rings. The maximum Gasteiger partial charge on any atom is 0.234 e. The third kappa shape index (κ3) is 5.32. The standard InChI is InChI=1S/C24H22N4O2S/c1-17-7-6-10-21(15-17)30-20-13-11-19(12-14-20)25-22(29)16-31-24-27-26-23(28(24)2)18-8-4-3-5-9-18/h3-15H,16H2,1-2H3,(H,25,29). The molecule has 0 spiro atoms. The van der Waals surface area contributed by atoms with Crippen molar-refractivity contribution >= 4 is 23.4 Å². The first-order chi connectivity index (χ1) is 15.1. The summed E-state index contributed by atoms with van der Waals surface area (Å²) in [6.07, 6.45) is 0. The van der Waals surface area contributed by atoms with E-state index in [9.17, 15) is 4.79 Å². The Bertz CT molecular complexity index is 1170. The number of amides is 1. The third-order valence-corrected chi connectivity index (χ3v) is 5.58. The van der Waals surface area contributed by atoms with Crippen molar-refractivity contribution in [3.8, 4) is 22.9 Å². The number of nitrogens with zero attached hydrogens (tertiary/aromatic N) is 3. The zero-order valence-electron chi connectivity index (χ0n) is 17.3. The van der Waals surface area contributed by atoms with Gasteiger partial charge in [0, 0.05) is 18.3 Å². The van der Waals surface area contributed by atoms with Crippen molar-refractivity contribution in [2.45, 2.75) is 12.1 Å². The summed E-state index contributed by atoms with van der Waals surface area (Å²) in [7, 11) is 1.90. The van der Waals surface area contributed by atoms with Gasteiger partial charge in [-0.3, -0.25) is 4.79 Å². The molecule has 0 aliphatic heterocycles. The molecule has 0 aliphatic carbocycles. The molecule has 6 nitrogen and oxygen atoms in total. The van der Waals surface area contributed by atoms with Crippen molar-refractivity contribution in [3.63, 3.8) is 0 Å². The molecule has 0 saturated heterocycles. The fourth-order valence-corrected chi connectivity index (χ4v) is 3.74. The largest absolute Gasteiger partial charge is 0.457 e. The lowest BCUT2D eigenvalue weighted by Gasteiger charge is -2.08. The van der Waals surface area contributed by atoms with Crippen LogP contribution in [0, 0.1) is 6.92 Å². The van der Waals surface area contributed by atoms with E-state index < -0.39 is 0 Å². The molecule has 1 amide bonds. The number of nitrogens with one attached hydrogen (secondary N) is 1. The van der Waals surface area contributed by atoms with Crippen LogP contribution in [0.1, 0.15) is 5.56 Å². The molecule has 156 valence electrons. The number of thioether (sulfide) groups is 1. The summed E-state index contributed by atoms with van der Waals surface area (Å²) in [6.45, 7) is 2.02. The van der Waals surface area contributed by atoms with Crippen molar-refractivity contribution in [2.24, 2.45) is 7.05 Å². The van der Waals surface area contributed by atoms with Gasteiger partial charge in [0.1, 0.15) is 11.5 Å². The fourth-order valence-electron chi connectivity index (χ4n) is 3.03. The van der Waals surface area contributed by atoms with Gasteiger partial charge in [-0.05, 0) is 48.9 Å². The average Bonchev–Trinajstić information content (AvgIpc) is 3.15. The van der Waals surface area contributed by atoms with E-state index in [0.717, 1.165) is 22.7 Å². The highest BCUT2D eigenvalue weighted by Gasteiger charge is 2.13. The second kappa shape index (κ2) is 9.49. The Morgan fingerprint density at radius 1 is 0.968 bits per heavy atom. The van der Waals surface area contributed by atoms with Crippen molar-refractivity contribution < 1.29 is 9.53 Å². The van der Waals surface area contributed by atoms with E-state index in [1.807, 2.05) is 97.4 Å². The maximum atomic E-state index is 12.4. The molecule has 0 atom stereocenters. The zero-order valence-corrected chi connectivity index (χ0v) is 18.1. The number of carbonyl (C=O) groups is 1. The van der Waals surface area contributed by atoms with Gasteiger partial charge < -0.3 is 14.6 Å². The Hall–Kier alpha value is -3.58. The lowest BCUT2D eigenvalue weighted by atomic mass is 10.2. The maximum absolute atomic E-state index is 12.4. The van der Waals surface area contributed by atoms with Gasteiger partial charge in [0.05, 0.1) is 5.75 Å². The number of hydrogen-bond donors (Lipinski definition) is 1. The predicted molar refractivity (Wildman–Crippen MR) is 123 cm³/mol. The molecular formula is C24H22N4O2S. The van der Waals surface area contributed by atoms with Crippen LogP contribution in [0.15, 0.2) is 84.0 Å². The molecule has 0 radical (unpaired) electrons. The van der Waals surface area contributed by atoms with Crippen LogP contribution in [0.3, 0.4) is 0 Å². The summed E-state index contributed by atoms with van der Waals surface area (Å²) in [6, 6.07) is 25.0.